The SMILES string of the molecule is C/C=N\C(=N)C1(C(=O)N(CCOC)C2(C)CCN(C(=O)OC(C(F)(F)F)C(F)(F)F)CC2)CC1. The molecule has 1 saturated heterocycles. The molecule has 194 valence electrons. The molecule has 0 bridgehead atoms. The highest BCUT2D eigenvalue weighted by Crippen LogP contribution is 2.50. The van der Waals surface area contributed by atoms with Crippen LogP contribution in [0.15, 0.2) is 4.99 Å². The largest absolute Gasteiger partial charge is 0.434 e. The fraction of sp³-hybridized carbons (Fsp3) is 0.800. The summed E-state index contributed by atoms with van der Waals surface area (Å²) in [7, 11) is 1.44. The van der Waals surface area contributed by atoms with Gasteiger partial charge in [0.15, 0.2) is 0 Å². The highest BCUT2D eigenvalue weighted by Gasteiger charge is 2.61. The Balaban J connectivity index is 2.14. The van der Waals surface area contributed by atoms with Crippen LogP contribution in [0.3, 0.4) is 0 Å². The molecule has 1 aliphatic heterocycles. The first-order valence-electron chi connectivity index (χ1n) is 10.6. The van der Waals surface area contributed by atoms with Crippen LogP contribution < -0.4 is 0 Å². The molecule has 14 heteroatoms. The molecule has 1 N–H and O–H groups in total. The van der Waals surface area contributed by atoms with Gasteiger partial charge in [0.1, 0.15) is 11.3 Å². The number of piperidine rings is 1. The number of rotatable bonds is 7. The fourth-order valence-electron chi connectivity index (χ4n) is 3.92. The van der Waals surface area contributed by atoms with E-state index < -0.39 is 35.5 Å². The van der Waals surface area contributed by atoms with Crippen LogP contribution in [0.4, 0.5) is 31.1 Å². The molecule has 2 amide bonds. The van der Waals surface area contributed by atoms with Gasteiger partial charge in [-0.3, -0.25) is 10.2 Å². The lowest BCUT2D eigenvalue weighted by molar-refractivity contribution is -0.308. The number of carbonyl (C=O) groups is 2. The van der Waals surface area contributed by atoms with E-state index in [4.69, 9.17) is 10.1 Å². The molecule has 34 heavy (non-hydrogen) atoms. The first-order chi connectivity index (χ1) is 15.6. The zero-order valence-corrected chi connectivity index (χ0v) is 19.1. The second kappa shape index (κ2) is 10.1. The summed E-state index contributed by atoms with van der Waals surface area (Å²) in [4.78, 5) is 31.7. The minimum atomic E-state index is -5.80. The minimum absolute atomic E-state index is 0.0719. The third-order valence-electron chi connectivity index (χ3n) is 6.20. The molecule has 2 rings (SSSR count). The van der Waals surface area contributed by atoms with Crippen LogP contribution in [0.1, 0.15) is 39.5 Å². The third kappa shape index (κ3) is 5.99. The van der Waals surface area contributed by atoms with Crippen molar-refractivity contribution in [2.24, 2.45) is 10.4 Å². The molecular formula is C20H28F6N4O4. The molecule has 0 aromatic carbocycles. The van der Waals surface area contributed by atoms with Gasteiger partial charge < -0.3 is 19.3 Å². The minimum Gasteiger partial charge on any atom is -0.426 e. The second-order valence-electron chi connectivity index (χ2n) is 8.60. The lowest BCUT2D eigenvalue weighted by Crippen LogP contribution is -2.59. The topological polar surface area (TPSA) is 95.3 Å². The van der Waals surface area contributed by atoms with Crippen molar-refractivity contribution in [1.29, 1.82) is 5.41 Å². The summed E-state index contributed by atoms with van der Waals surface area (Å²) in [6, 6.07) is 0. The Labute approximate surface area is 192 Å². The average Bonchev–Trinajstić information content (AvgIpc) is 3.53. The van der Waals surface area contributed by atoms with E-state index in [9.17, 15) is 35.9 Å². The maximum Gasteiger partial charge on any atom is 0.434 e. The fourth-order valence-corrected chi connectivity index (χ4v) is 3.92. The van der Waals surface area contributed by atoms with Gasteiger partial charge in [-0.1, -0.05) is 0 Å². The van der Waals surface area contributed by atoms with E-state index in [1.54, 1.807) is 13.8 Å². The van der Waals surface area contributed by atoms with E-state index in [1.165, 1.54) is 18.2 Å². The zero-order valence-electron chi connectivity index (χ0n) is 19.1. The van der Waals surface area contributed by atoms with Crippen molar-refractivity contribution in [3.8, 4) is 0 Å². The molecule has 8 nitrogen and oxygen atoms in total. The van der Waals surface area contributed by atoms with Crippen molar-refractivity contribution in [1.82, 2.24) is 9.80 Å². The number of alkyl halides is 6. The summed E-state index contributed by atoms with van der Waals surface area (Å²) in [6.07, 6.45) is -15.1. The van der Waals surface area contributed by atoms with E-state index >= 15 is 0 Å². The monoisotopic (exact) mass is 502 g/mol. The number of aliphatic imine (C=N–C) groups is 1. The molecule has 0 aromatic heterocycles. The van der Waals surface area contributed by atoms with Gasteiger partial charge in [-0.15, -0.1) is 0 Å². The normalized spacial score (nSPS) is 19.9. The van der Waals surface area contributed by atoms with Crippen LogP contribution >= 0.6 is 0 Å². The number of hydrogen-bond donors (Lipinski definition) is 1. The molecule has 1 saturated carbocycles. The molecule has 0 atom stereocenters. The summed E-state index contributed by atoms with van der Waals surface area (Å²) in [6.45, 7) is 3.24. The van der Waals surface area contributed by atoms with E-state index in [2.05, 4.69) is 9.73 Å². The predicted octanol–water partition coefficient (Wildman–Crippen LogP) is 3.79. The Bertz CT molecular complexity index is 788. The Morgan fingerprint density at radius 1 is 1.12 bits per heavy atom. The number of nitrogens with zero attached hydrogens (tertiary/aromatic N) is 3. The van der Waals surface area contributed by atoms with Gasteiger partial charge in [0.2, 0.25) is 5.91 Å². The van der Waals surface area contributed by atoms with Crippen LogP contribution in [0.2, 0.25) is 0 Å². The number of hydrogen-bond acceptors (Lipinski definition) is 5. The first kappa shape index (κ1) is 27.9. The van der Waals surface area contributed by atoms with E-state index in [1.807, 2.05) is 0 Å². The number of carbonyl (C=O) groups excluding carboxylic acids is 2. The molecule has 1 aliphatic carbocycles. The smallest absolute Gasteiger partial charge is 0.426 e. The Hall–Kier alpha value is -2.38. The first-order valence-corrected chi connectivity index (χ1v) is 10.6. The van der Waals surface area contributed by atoms with Crippen molar-refractivity contribution < 1.29 is 45.4 Å². The molecule has 0 spiro atoms. The van der Waals surface area contributed by atoms with Crippen LogP contribution in [0.5, 0.6) is 0 Å². The highest BCUT2D eigenvalue weighted by atomic mass is 19.4. The number of ether oxygens (including phenoxy) is 2. The van der Waals surface area contributed by atoms with E-state index in [0.717, 1.165) is 4.90 Å². The Kier molecular flexibility index (Phi) is 8.26. The van der Waals surface area contributed by atoms with Crippen molar-refractivity contribution in [2.45, 2.75) is 63.5 Å². The average molecular weight is 502 g/mol. The predicted molar refractivity (Wildman–Crippen MR) is 109 cm³/mol. The standard InChI is InChI=1S/C20H28F6N4O4/c1-4-28-14(27)18(5-6-18)15(31)30(11-12-33-3)17(2)7-9-29(10-8-17)16(32)34-13(19(21,22)23)20(24,25)26/h4,13,27H,5-12H2,1-3H3/b27-14?,28-4-. The van der Waals surface area contributed by atoms with Gasteiger partial charge in [-0.2, -0.15) is 26.3 Å². The van der Waals surface area contributed by atoms with Crippen LogP contribution in [0.25, 0.3) is 0 Å². The maximum atomic E-state index is 13.4. The Morgan fingerprint density at radius 3 is 2.06 bits per heavy atom. The molecular weight excluding hydrogens is 474 g/mol. The van der Waals surface area contributed by atoms with Crippen molar-refractivity contribution in [3.05, 3.63) is 0 Å². The van der Waals surface area contributed by atoms with Gasteiger partial charge in [-0.05, 0) is 39.5 Å². The summed E-state index contributed by atoms with van der Waals surface area (Å²) < 4.78 is 85.2. The number of likely N-dealkylation sites (tertiary alicyclic amines) is 1. The molecule has 2 fully saturated rings. The second-order valence-corrected chi connectivity index (χ2v) is 8.60. The molecule has 2 aliphatic rings. The van der Waals surface area contributed by atoms with Crippen molar-refractivity contribution in [2.75, 3.05) is 33.4 Å². The third-order valence-corrected chi connectivity index (χ3v) is 6.20. The molecule has 0 unspecified atom stereocenters. The molecule has 1 heterocycles. The van der Waals surface area contributed by atoms with Crippen LogP contribution in [-0.4, -0.2) is 91.2 Å². The summed E-state index contributed by atoms with van der Waals surface area (Å²) >= 11 is 0. The summed E-state index contributed by atoms with van der Waals surface area (Å²) in [5.74, 6) is -0.412. The highest BCUT2D eigenvalue weighted by molar-refractivity contribution is 6.11. The van der Waals surface area contributed by atoms with E-state index in [-0.39, 0.29) is 50.8 Å². The number of amides is 2. The van der Waals surface area contributed by atoms with E-state index in [0.29, 0.717) is 12.8 Å². The van der Waals surface area contributed by atoms with Gasteiger partial charge >= 0.3 is 18.4 Å². The molecule has 0 aromatic rings. The number of amidine groups is 1. The summed E-state index contributed by atoms with van der Waals surface area (Å²) in [5.41, 5.74) is -1.93. The van der Waals surface area contributed by atoms with Crippen molar-refractivity contribution in [3.63, 3.8) is 0 Å². The maximum absolute atomic E-state index is 13.4. The summed E-state index contributed by atoms with van der Waals surface area (Å²) in [5, 5.41) is 8.16. The lowest BCUT2D eigenvalue weighted by Gasteiger charge is -2.47. The van der Waals surface area contributed by atoms with Gasteiger partial charge in [-0.25, -0.2) is 9.79 Å². The number of nitrogens with one attached hydrogen (secondary N) is 1. The van der Waals surface area contributed by atoms with Crippen molar-refractivity contribution >= 4 is 24.1 Å². The molecule has 0 radical (unpaired) electrons. The lowest BCUT2D eigenvalue weighted by atomic mass is 9.86. The number of methoxy groups -OCH3 is 1. The van der Waals surface area contributed by atoms with Gasteiger partial charge in [0.25, 0.3) is 6.10 Å². The van der Waals surface area contributed by atoms with Gasteiger partial charge in [0, 0.05) is 38.5 Å². The van der Waals surface area contributed by atoms with Crippen LogP contribution in [0, 0.1) is 10.8 Å². The zero-order chi connectivity index (χ0) is 25.9. The number of halogens is 6. The Morgan fingerprint density at radius 2 is 1.65 bits per heavy atom. The van der Waals surface area contributed by atoms with Gasteiger partial charge in [0.05, 0.1) is 6.61 Å². The quantitative estimate of drug-likeness (QED) is 0.326. The van der Waals surface area contributed by atoms with Crippen LogP contribution in [-0.2, 0) is 14.3 Å².